The molecule has 0 aliphatic heterocycles. The molecule has 0 fully saturated rings. The Morgan fingerprint density at radius 2 is 2.29 bits per heavy atom. The molecule has 0 bridgehead atoms. The topological polar surface area (TPSA) is 47.3 Å². The molecule has 1 aromatic carbocycles. The molecule has 0 saturated carbocycles. The van der Waals surface area contributed by atoms with E-state index >= 15 is 0 Å². The summed E-state index contributed by atoms with van der Waals surface area (Å²) in [5.74, 6) is 5.02. The Balaban J connectivity index is 2.57. The molecule has 3 nitrogen and oxygen atoms in total. The fourth-order valence-electron chi connectivity index (χ4n) is 1.51. The average Bonchev–Trinajstić information content (AvgIpc) is 2.33. The number of nitrogens with two attached hydrogens (primary N) is 1. The molecule has 1 atom stereocenters. The quantitative estimate of drug-likeness (QED) is 0.449. The van der Waals surface area contributed by atoms with Crippen molar-refractivity contribution in [3.05, 3.63) is 34.6 Å². The monoisotopic (exact) mass is 260 g/mol. The van der Waals surface area contributed by atoms with Gasteiger partial charge >= 0.3 is 0 Å². The maximum atomic E-state index is 13.2. The van der Waals surface area contributed by atoms with Crippen molar-refractivity contribution in [1.82, 2.24) is 5.43 Å². The fraction of sp³-hybridized carbons (Fsp3) is 0.500. The summed E-state index contributed by atoms with van der Waals surface area (Å²) in [7, 11) is 0. The van der Waals surface area contributed by atoms with Gasteiger partial charge in [0, 0.05) is 12.6 Å². The minimum Gasteiger partial charge on any atom is -0.380 e. The Hall–Kier alpha value is -0.680. The van der Waals surface area contributed by atoms with Crippen LogP contribution in [0.2, 0.25) is 5.02 Å². The second kappa shape index (κ2) is 7.61. The Morgan fingerprint density at radius 3 is 2.94 bits per heavy atom. The van der Waals surface area contributed by atoms with Gasteiger partial charge in [-0.15, -0.1) is 0 Å². The Labute approximate surface area is 106 Å². The molecule has 0 aliphatic rings. The molecule has 0 aliphatic carbocycles. The number of halogens is 2. The van der Waals surface area contributed by atoms with Gasteiger partial charge < -0.3 is 4.74 Å². The summed E-state index contributed by atoms with van der Waals surface area (Å²) in [6, 6.07) is 4.69. The van der Waals surface area contributed by atoms with Gasteiger partial charge in [-0.1, -0.05) is 30.7 Å². The highest BCUT2D eigenvalue weighted by molar-refractivity contribution is 6.31. The molecule has 1 rings (SSSR count). The molecule has 0 saturated heterocycles. The number of nitrogens with one attached hydrogen (secondary N) is 1. The average molecular weight is 261 g/mol. The van der Waals surface area contributed by atoms with Gasteiger partial charge in [0.05, 0.1) is 11.6 Å². The lowest BCUT2D eigenvalue weighted by Crippen LogP contribution is -2.40. The van der Waals surface area contributed by atoms with Crippen LogP contribution in [-0.4, -0.2) is 19.3 Å². The molecule has 96 valence electrons. The summed E-state index contributed by atoms with van der Waals surface area (Å²) in [5, 5.41) is 0.156. The van der Waals surface area contributed by atoms with Crippen molar-refractivity contribution in [3.63, 3.8) is 0 Å². The van der Waals surface area contributed by atoms with Crippen LogP contribution < -0.4 is 11.3 Å². The molecule has 17 heavy (non-hydrogen) atoms. The van der Waals surface area contributed by atoms with E-state index in [4.69, 9.17) is 22.2 Å². The normalized spacial score (nSPS) is 12.7. The summed E-state index contributed by atoms with van der Waals surface area (Å²) in [5.41, 5.74) is 3.38. The summed E-state index contributed by atoms with van der Waals surface area (Å²) in [6.45, 7) is 3.21. The van der Waals surface area contributed by atoms with E-state index < -0.39 is 5.82 Å². The number of benzene rings is 1. The lowest BCUT2D eigenvalue weighted by atomic mass is 10.1. The molecular weight excluding hydrogens is 243 g/mol. The van der Waals surface area contributed by atoms with Gasteiger partial charge in [0.1, 0.15) is 5.82 Å². The van der Waals surface area contributed by atoms with E-state index in [1.807, 2.05) is 6.92 Å². The number of rotatable bonds is 7. The van der Waals surface area contributed by atoms with E-state index in [0.717, 1.165) is 12.0 Å². The third kappa shape index (κ3) is 4.60. The summed E-state index contributed by atoms with van der Waals surface area (Å²) in [4.78, 5) is 0. The Morgan fingerprint density at radius 1 is 1.53 bits per heavy atom. The highest BCUT2D eigenvalue weighted by atomic mass is 35.5. The molecule has 3 N–H and O–H groups in total. The lowest BCUT2D eigenvalue weighted by Gasteiger charge is -2.16. The highest BCUT2D eigenvalue weighted by Crippen LogP contribution is 2.20. The number of ether oxygens (including phenoxy) is 1. The van der Waals surface area contributed by atoms with E-state index in [1.54, 1.807) is 12.1 Å². The molecular formula is C12H18ClFN2O. The van der Waals surface area contributed by atoms with E-state index in [2.05, 4.69) is 5.43 Å². The zero-order valence-corrected chi connectivity index (χ0v) is 10.6. The van der Waals surface area contributed by atoms with Gasteiger partial charge in [0.15, 0.2) is 0 Å². The Kier molecular flexibility index (Phi) is 6.44. The van der Waals surface area contributed by atoms with E-state index in [0.29, 0.717) is 19.6 Å². The molecule has 0 amide bonds. The van der Waals surface area contributed by atoms with Crippen molar-refractivity contribution in [2.75, 3.05) is 13.2 Å². The molecule has 0 heterocycles. The van der Waals surface area contributed by atoms with Crippen LogP contribution in [0.3, 0.4) is 0 Å². The van der Waals surface area contributed by atoms with Crippen LogP contribution >= 0.6 is 11.6 Å². The van der Waals surface area contributed by atoms with Gasteiger partial charge in [-0.3, -0.25) is 11.3 Å². The zero-order valence-electron chi connectivity index (χ0n) is 9.88. The minimum atomic E-state index is -0.408. The SMILES string of the molecule is CCCOCC(Cc1cccc(F)c1Cl)NN. The lowest BCUT2D eigenvalue weighted by molar-refractivity contribution is 0.112. The predicted molar refractivity (Wildman–Crippen MR) is 67.3 cm³/mol. The zero-order chi connectivity index (χ0) is 12.7. The number of hydrogen-bond acceptors (Lipinski definition) is 3. The van der Waals surface area contributed by atoms with Gasteiger partial charge in [-0.05, 0) is 24.5 Å². The van der Waals surface area contributed by atoms with Crippen LogP contribution in [0, 0.1) is 5.82 Å². The van der Waals surface area contributed by atoms with Crippen molar-refractivity contribution in [1.29, 1.82) is 0 Å². The number of hydrazine groups is 1. The van der Waals surface area contributed by atoms with Crippen LogP contribution in [0.1, 0.15) is 18.9 Å². The minimum absolute atomic E-state index is 0.0687. The fourth-order valence-corrected chi connectivity index (χ4v) is 1.71. The van der Waals surface area contributed by atoms with E-state index in [9.17, 15) is 4.39 Å². The van der Waals surface area contributed by atoms with Crippen LogP contribution in [0.25, 0.3) is 0 Å². The second-order valence-corrected chi connectivity index (χ2v) is 4.23. The maximum Gasteiger partial charge on any atom is 0.142 e. The van der Waals surface area contributed by atoms with Crippen LogP contribution in [-0.2, 0) is 11.2 Å². The van der Waals surface area contributed by atoms with E-state index in [-0.39, 0.29) is 11.1 Å². The first kappa shape index (κ1) is 14.4. The van der Waals surface area contributed by atoms with Gasteiger partial charge in [-0.2, -0.15) is 0 Å². The standard InChI is InChI=1S/C12H18ClFN2O/c1-2-6-17-8-10(16-15)7-9-4-3-5-11(14)12(9)13/h3-5,10,16H,2,6-8,15H2,1H3. The Bertz CT molecular complexity index is 349. The largest absolute Gasteiger partial charge is 0.380 e. The van der Waals surface area contributed by atoms with E-state index in [1.165, 1.54) is 6.07 Å². The van der Waals surface area contributed by atoms with Crippen molar-refractivity contribution in [2.45, 2.75) is 25.8 Å². The van der Waals surface area contributed by atoms with Gasteiger partial charge in [-0.25, -0.2) is 4.39 Å². The molecule has 0 radical (unpaired) electrons. The molecule has 0 aromatic heterocycles. The number of hydrogen-bond donors (Lipinski definition) is 2. The van der Waals surface area contributed by atoms with Gasteiger partial charge in [0.25, 0.3) is 0 Å². The van der Waals surface area contributed by atoms with Crippen LogP contribution in [0.15, 0.2) is 18.2 Å². The summed E-state index contributed by atoms with van der Waals surface area (Å²) >= 11 is 5.87. The molecule has 0 spiro atoms. The van der Waals surface area contributed by atoms with Gasteiger partial charge in [0.2, 0.25) is 0 Å². The highest BCUT2D eigenvalue weighted by Gasteiger charge is 2.12. The smallest absolute Gasteiger partial charge is 0.142 e. The summed E-state index contributed by atoms with van der Waals surface area (Å²) in [6.07, 6.45) is 1.49. The van der Waals surface area contributed by atoms with Crippen molar-refractivity contribution < 1.29 is 9.13 Å². The van der Waals surface area contributed by atoms with Crippen molar-refractivity contribution >= 4 is 11.6 Å². The van der Waals surface area contributed by atoms with Crippen LogP contribution in [0.5, 0.6) is 0 Å². The van der Waals surface area contributed by atoms with Crippen molar-refractivity contribution in [3.8, 4) is 0 Å². The molecule has 1 aromatic rings. The maximum absolute atomic E-state index is 13.2. The first-order valence-electron chi connectivity index (χ1n) is 5.65. The third-order valence-electron chi connectivity index (χ3n) is 2.40. The predicted octanol–water partition coefficient (Wildman–Crippen LogP) is 2.28. The second-order valence-electron chi connectivity index (χ2n) is 3.86. The first-order valence-corrected chi connectivity index (χ1v) is 6.03. The first-order chi connectivity index (χ1) is 8.19. The van der Waals surface area contributed by atoms with Crippen molar-refractivity contribution in [2.24, 2.45) is 5.84 Å². The third-order valence-corrected chi connectivity index (χ3v) is 2.82. The summed E-state index contributed by atoms with van der Waals surface area (Å²) < 4.78 is 18.6. The molecule has 5 heteroatoms. The molecule has 1 unspecified atom stereocenters. The van der Waals surface area contributed by atoms with Crippen LogP contribution in [0.4, 0.5) is 4.39 Å².